The van der Waals surface area contributed by atoms with Gasteiger partial charge in [0, 0.05) is 17.3 Å². The van der Waals surface area contributed by atoms with Gasteiger partial charge < -0.3 is 0 Å². The van der Waals surface area contributed by atoms with Gasteiger partial charge in [0.2, 0.25) is 0 Å². The lowest BCUT2D eigenvalue weighted by atomic mass is 10.1. The maximum Gasteiger partial charge on any atom is 0.278 e. The number of hydrogen-bond donors (Lipinski definition) is 1. The molecule has 176 valence electrons. The van der Waals surface area contributed by atoms with Gasteiger partial charge in [0.25, 0.3) is 11.6 Å². The molecule has 1 aromatic heterocycles. The molecule has 0 fully saturated rings. The van der Waals surface area contributed by atoms with Gasteiger partial charge in [-0.2, -0.15) is 5.10 Å². The summed E-state index contributed by atoms with van der Waals surface area (Å²) in [5, 5.41) is 24.2. The first-order chi connectivity index (χ1) is 16.9. The van der Waals surface area contributed by atoms with Crippen LogP contribution in [0.1, 0.15) is 16.7 Å². The van der Waals surface area contributed by atoms with Crippen LogP contribution >= 0.6 is 11.8 Å². The second kappa shape index (κ2) is 10.7. The van der Waals surface area contributed by atoms with Gasteiger partial charge in [-0.15, -0.1) is 10.2 Å². The molecular weight excluding hydrogens is 464 g/mol. The van der Waals surface area contributed by atoms with Crippen molar-refractivity contribution in [1.82, 2.24) is 20.2 Å². The SMILES string of the molecule is Cc1ccc(-c2nnc(SCC(=O)N/N=C\c3ccccc3[N+](=O)[O-])n2-c2ccc(C)cc2)cc1. The Labute approximate surface area is 206 Å². The van der Waals surface area contributed by atoms with Crippen LogP contribution in [0.15, 0.2) is 83.1 Å². The number of hydrogen-bond acceptors (Lipinski definition) is 7. The number of amides is 1. The largest absolute Gasteiger partial charge is 0.278 e. The van der Waals surface area contributed by atoms with Gasteiger partial charge in [-0.05, 0) is 32.0 Å². The summed E-state index contributed by atoms with van der Waals surface area (Å²) in [6.45, 7) is 4.04. The van der Waals surface area contributed by atoms with E-state index >= 15 is 0 Å². The van der Waals surface area contributed by atoms with Gasteiger partial charge in [-0.25, -0.2) is 5.43 Å². The van der Waals surface area contributed by atoms with Crippen LogP contribution in [0.4, 0.5) is 5.69 Å². The zero-order valence-electron chi connectivity index (χ0n) is 19.1. The molecule has 0 aliphatic carbocycles. The van der Waals surface area contributed by atoms with Crippen molar-refractivity contribution < 1.29 is 9.72 Å². The molecule has 0 aliphatic rings. The van der Waals surface area contributed by atoms with E-state index in [9.17, 15) is 14.9 Å². The molecule has 0 unspecified atom stereocenters. The third kappa shape index (κ3) is 5.79. The lowest BCUT2D eigenvalue weighted by Crippen LogP contribution is -2.20. The Hall–Kier alpha value is -4.31. The van der Waals surface area contributed by atoms with Crippen LogP contribution < -0.4 is 5.43 Å². The number of nitro groups is 1. The number of nitro benzene ring substituents is 1. The topological polar surface area (TPSA) is 115 Å². The molecule has 4 aromatic rings. The van der Waals surface area contributed by atoms with Crippen LogP contribution in [0.25, 0.3) is 17.1 Å². The molecule has 35 heavy (non-hydrogen) atoms. The van der Waals surface area contributed by atoms with Crippen LogP contribution in [0.2, 0.25) is 0 Å². The summed E-state index contributed by atoms with van der Waals surface area (Å²) < 4.78 is 1.92. The average molecular weight is 487 g/mol. The minimum Gasteiger partial charge on any atom is -0.272 e. The number of carbonyl (C=O) groups excluding carboxylic acids is 1. The highest BCUT2D eigenvalue weighted by atomic mass is 32.2. The van der Waals surface area contributed by atoms with Crippen molar-refractivity contribution in [3.63, 3.8) is 0 Å². The highest BCUT2D eigenvalue weighted by molar-refractivity contribution is 7.99. The second-order valence-corrected chi connectivity index (χ2v) is 8.68. The Bertz CT molecular complexity index is 1380. The van der Waals surface area contributed by atoms with Crippen molar-refractivity contribution in [1.29, 1.82) is 0 Å². The first-order valence-electron chi connectivity index (χ1n) is 10.7. The molecule has 10 heteroatoms. The van der Waals surface area contributed by atoms with Crippen molar-refractivity contribution in [3.05, 3.63) is 99.6 Å². The molecule has 0 aliphatic heterocycles. The van der Waals surface area contributed by atoms with Gasteiger partial charge in [-0.1, -0.05) is 71.4 Å². The molecular formula is C25H22N6O3S. The zero-order valence-corrected chi connectivity index (χ0v) is 19.9. The van der Waals surface area contributed by atoms with Gasteiger partial charge >= 0.3 is 0 Å². The van der Waals surface area contributed by atoms with Gasteiger partial charge in [0.1, 0.15) is 0 Å². The minimum absolute atomic E-state index is 0.0338. The van der Waals surface area contributed by atoms with Crippen molar-refractivity contribution >= 4 is 29.6 Å². The van der Waals surface area contributed by atoms with Crippen molar-refractivity contribution in [3.8, 4) is 17.1 Å². The molecule has 0 spiro atoms. The molecule has 1 N–H and O–H groups in total. The highest BCUT2D eigenvalue weighted by Crippen LogP contribution is 2.28. The molecule has 3 aromatic carbocycles. The van der Waals surface area contributed by atoms with Gasteiger partial charge in [0.15, 0.2) is 11.0 Å². The van der Waals surface area contributed by atoms with E-state index in [1.165, 1.54) is 24.0 Å². The minimum atomic E-state index is -0.497. The number of aromatic nitrogens is 3. The van der Waals surface area contributed by atoms with E-state index in [0.717, 1.165) is 22.4 Å². The van der Waals surface area contributed by atoms with Crippen LogP contribution in [-0.4, -0.2) is 37.6 Å². The third-order valence-electron chi connectivity index (χ3n) is 5.09. The number of para-hydroxylation sites is 1. The number of hydrazone groups is 1. The Balaban J connectivity index is 1.51. The zero-order chi connectivity index (χ0) is 24.8. The maximum absolute atomic E-state index is 12.4. The molecule has 1 heterocycles. The fourth-order valence-corrected chi connectivity index (χ4v) is 4.02. The van der Waals surface area contributed by atoms with Crippen molar-refractivity contribution in [2.45, 2.75) is 19.0 Å². The smallest absolute Gasteiger partial charge is 0.272 e. The Morgan fingerprint density at radius 2 is 1.69 bits per heavy atom. The van der Waals surface area contributed by atoms with Gasteiger partial charge in [-0.3, -0.25) is 19.5 Å². The average Bonchev–Trinajstić information content (AvgIpc) is 3.28. The quantitative estimate of drug-likeness (QED) is 0.167. The Morgan fingerprint density at radius 3 is 2.37 bits per heavy atom. The van der Waals surface area contributed by atoms with Crippen molar-refractivity contribution in [2.24, 2.45) is 5.10 Å². The van der Waals surface area contributed by atoms with E-state index in [2.05, 4.69) is 20.7 Å². The van der Waals surface area contributed by atoms with E-state index < -0.39 is 4.92 Å². The van der Waals surface area contributed by atoms with Crippen LogP contribution in [0.3, 0.4) is 0 Å². The molecule has 0 bridgehead atoms. The molecule has 0 atom stereocenters. The first-order valence-corrected chi connectivity index (χ1v) is 11.7. The number of carbonyl (C=O) groups is 1. The lowest BCUT2D eigenvalue weighted by molar-refractivity contribution is -0.385. The normalized spacial score (nSPS) is 11.0. The van der Waals surface area contributed by atoms with E-state index in [-0.39, 0.29) is 17.3 Å². The van der Waals surface area contributed by atoms with E-state index in [1.807, 2.05) is 66.9 Å². The van der Waals surface area contributed by atoms with E-state index in [0.29, 0.717) is 16.5 Å². The number of nitrogens with one attached hydrogen (secondary N) is 1. The second-order valence-electron chi connectivity index (χ2n) is 7.74. The number of aryl methyl sites for hydroxylation is 2. The van der Waals surface area contributed by atoms with Crippen LogP contribution in [-0.2, 0) is 4.79 Å². The fraction of sp³-hybridized carbons (Fsp3) is 0.120. The summed E-state index contributed by atoms with van der Waals surface area (Å²) in [5.74, 6) is 0.331. The number of nitrogens with zero attached hydrogens (tertiary/aromatic N) is 5. The van der Waals surface area contributed by atoms with Crippen molar-refractivity contribution in [2.75, 3.05) is 5.75 Å². The van der Waals surface area contributed by atoms with Crippen LogP contribution in [0.5, 0.6) is 0 Å². The maximum atomic E-state index is 12.4. The molecule has 1 amide bonds. The monoisotopic (exact) mass is 486 g/mol. The summed E-state index contributed by atoms with van der Waals surface area (Å²) in [4.78, 5) is 23.0. The highest BCUT2D eigenvalue weighted by Gasteiger charge is 2.17. The first kappa shape index (κ1) is 23.8. The standard InChI is InChI=1S/C25H22N6O3S/c1-17-7-11-19(12-8-17)24-28-29-25(30(24)21-13-9-18(2)10-14-21)35-16-23(32)27-26-15-20-5-3-4-6-22(20)31(33)34/h3-15H,16H2,1-2H3,(H,27,32)/b26-15-. The predicted octanol–water partition coefficient (Wildman–Crippen LogP) is 4.70. The third-order valence-corrected chi connectivity index (χ3v) is 6.02. The van der Waals surface area contributed by atoms with E-state index in [1.54, 1.807) is 18.2 Å². The molecule has 0 radical (unpaired) electrons. The Kier molecular flexibility index (Phi) is 7.32. The van der Waals surface area contributed by atoms with E-state index in [4.69, 9.17) is 0 Å². The summed E-state index contributed by atoms with van der Waals surface area (Å²) in [5.41, 5.74) is 6.68. The van der Waals surface area contributed by atoms with Gasteiger partial charge in [0.05, 0.1) is 22.5 Å². The number of benzene rings is 3. The predicted molar refractivity (Wildman–Crippen MR) is 136 cm³/mol. The molecule has 9 nitrogen and oxygen atoms in total. The summed E-state index contributed by atoms with van der Waals surface area (Å²) in [7, 11) is 0. The molecule has 0 saturated heterocycles. The molecule has 0 saturated carbocycles. The molecule has 4 rings (SSSR count). The summed E-state index contributed by atoms with van der Waals surface area (Å²) in [6.07, 6.45) is 1.25. The number of rotatable bonds is 8. The lowest BCUT2D eigenvalue weighted by Gasteiger charge is -2.11. The Morgan fingerprint density at radius 1 is 1.03 bits per heavy atom. The fourth-order valence-electron chi connectivity index (χ4n) is 3.28. The number of thioether (sulfide) groups is 1. The summed E-state index contributed by atoms with van der Waals surface area (Å²) in [6, 6.07) is 22.1. The van der Waals surface area contributed by atoms with Crippen LogP contribution in [0, 0.1) is 24.0 Å². The summed E-state index contributed by atoms with van der Waals surface area (Å²) >= 11 is 1.22.